The average molecular weight is 391 g/mol. The van der Waals surface area contributed by atoms with Crippen LogP contribution in [0.15, 0.2) is 54.9 Å². The van der Waals surface area contributed by atoms with Crippen LogP contribution in [0.4, 0.5) is 0 Å². The Morgan fingerprint density at radius 1 is 1.03 bits per heavy atom. The Balaban J connectivity index is 1.54. The predicted molar refractivity (Wildman–Crippen MR) is 111 cm³/mol. The van der Waals surface area contributed by atoms with Gasteiger partial charge >= 0.3 is 0 Å². The van der Waals surface area contributed by atoms with E-state index in [0.29, 0.717) is 31.9 Å². The highest BCUT2D eigenvalue weighted by Gasteiger charge is 2.24. The molecule has 2 aromatic carbocycles. The fourth-order valence-electron chi connectivity index (χ4n) is 3.61. The molecule has 0 spiro atoms. The van der Waals surface area contributed by atoms with Crippen molar-refractivity contribution in [1.82, 2.24) is 14.7 Å². The van der Waals surface area contributed by atoms with E-state index >= 15 is 0 Å². The Bertz CT molecular complexity index is 998. The van der Waals surface area contributed by atoms with Crippen LogP contribution >= 0.6 is 0 Å². The van der Waals surface area contributed by atoms with E-state index in [1.807, 2.05) is 55.1 Å². The van der Waals surface area contributed by atoms with Crippen LogP contribution in [0.2, 0.25) is 0 Å². The van der Waals surface area contributed by atoms with Gasteiger partial charge in [0.25, 0.3) is 5.91 Å². The lowest BCUT2D eigenvalue weighted by Crippen LogP contribution is -2.35. The van der Waals surface area contributed by atoms with Crippen LogP contribution in [0.5, 0.6) is 11.5 Å². The molecule has 4 rings (SSSR count). The normalized spacial score (nSPS) is 13.1. The Hall–Kier alpha value is -3.28. The van der Waals surface area contributed by atoms with Gasteiger partial charge in [-0.05, 0) is 55.7 Å². The number of hydrogen-bond donors (Lipinski definition) is 0. The standard InChI is InChI=1S/C23H25N3O3/c1-3-28-21-12-17-10-11-25(15-18(17)13-22(21)29-4-2)23(27)19-14-24-26(16-19)20-8-6-5-7-9-20/h5-9,12-14,16H,3-4,10-11,15H2,1-2H3. The monoisotopic (exact) mass is 391 g/mol. The fourth-order valence-corrected chi connectivity index (χ4v) is 3.61. The zero-order chi connectivity index (χ0) is 20.2. The van der Waals surface area contributed by atoms with Crippen LogP contribution in [0.3, 0.4) is 0 Å². The summed E-state index contributed by atoms with van der Waals surface area (Å²) >= 11 is 0. The minimum Gasteiger partial charge on any atom is -0.490 e. The Labute approximate surface area is 170 Å². The molecular weight excluding hydrogens is 366 g/mol. The van der Waals surface area contributed by atoms with Gasteiger partial charge in [-0.1, -0.05) is 18.2 Å². The minimum absolute atomic E-state index is 0.00956. The van der Waals surface area contributed by atoms with Gasteiger partial charge in [-0.2, -0.15) is 5.10 Å². The number of nitrogens with zero attached hydrogens (tertiary/aromatic N) is 3. The average Bonchev–Trinajstić information content (AvgIpc) is 3.24. The van der Waals surface area contributed by atoms with E-state index in [1.54, 1.807) is 17.1 Å². The molecule has 0 saturated carbocycles. The van der Waals surface area contributed by atoms with E-state index in [4.69, 9.17) is 9.47 Å². The lowest BCUT2D eigenvalue weighted by molar-refractivity contribution is 0.0734. The number of carbonyl (C=O) groups is 1. The van der Waals surface area contributed by atoms with Crippen LogP contribution in [-0.4, -0.2) is 40.3 Å². The molecule has 0 fully saturated rings. The molecule has 0 aliphatic carbocycles. The number of hydrogen-bond acceptors (Lipinski definition) is 4. The number of para-hydroxylation sites is 1. The van der Waals surface area contributed by atoms with Crippen molar-refractivity contribution < 1.29 is 14.3 Å². The lowest BCUT2D eigenvalue weighted by atomic mass is 9.98. The van der Waals surface area contributed by atoms with Gasteiger partial charge in [-0.15, -0.1) is 0 Å². The van der Waals surface area contributed by atoms with E-state index in [1.165, 1.54) is 5.56 Å². The van der Waals surface area contributed by atoms with Crippen molar-refractivity contribution in [1.29, 1.82) is 0 Å². The number of aromatic nitrogens is 2. The SMILES string of the molecule is CCOc1cc2c(cc1OCC)CN(C(=O)c1cnn(-c3ccccc3)c1)CC2. The van der Waals surface area contributed by atoms with E-state index in [0.717, 1.165) is 29.2 Å². The van der Waals surface area contributed by atoms with E-state index in [-0.39, 0.29) is 5.91 Å². The number of carbonyl (C=O) groups excluding carboxylic acids is 1. The van der Waals surface area contributed by atoms with Gasteiger partial charge in [-0.3, -0.25) is 4.79 Å². The van der Waals surface area contributed by atoms with Crippen molar-refractivity contribution in [2.45, 2.75) is 26.8 Å². The largest absolute Gasteiger partial charge is 0.490 e. The van der Waals surface area contributed by atoms with Crippen molar-refractivity contribution in [3.63, 3.8) is 0 Å². The summed E-state index contributed by atoms with van der Waals surface area (Å²) in [7, 11) is 0. The number of fused-ring (bicyclic) bond motifs is 1. The Morgan fingerprint density at radius 3 is 2.41 bits per heavy atom. The third-order valence-corrected chi connectivity index (χ3v) is 5.02. The maximum absolute atomic E-state index is 13.1. The number of amides is 1. The summed E-state index contributed by atoms with van der Waals surface area (Å²) in [6.45, 7) is 6.30. The predicted octanol–water partition coefficient (Wildman–Crippen LogP) is 3.87. The molecule has 1 aliphatic heterocycles. The number of rotatable bonds is 6. The highest BCUT2D eigenvalue weighted by atomic mass is 16.5. The molecule has 29 heavy (non-hydrogen) atoms. The lowest BCUT2D eigenvalue weighted by Gasteiger charge is -2.29. The van der Waals surface area contributed by atoms with Crippen LogP contribution in [0, 0.1) is 0 Å². The summed E-state index contributed by atoms with van der Waals surface area (Å²) in [6.07, 6.45) is 4.21. The molecule has 0 unspecified atom stereocenters. The molecule has 1 amide bonds. The third kappa shape index (κ3) is 3.97. The highest BCUT2D eigenvalue weighted by Crippen LogP contribution is 2.34. The smallest absolute Gasteiger partial charge is 0.257 e. The molecule has 2 heterocycles. The molecule has 6 nitrogen and oxygen atoms in total. The van der Waals surface area contributed by atoms with Gasteiger partial charge in [0.2, 0.25) is 0 Å². The summed E-state index contributed by atoms with van der Waals surface area (Å²) in [5, 5.41) is 4.35. The second-order valence-electron chi connectivity index (χ2n) is 6.92. The zero-order valence-corrected chi connectivity index (χ0v) is 16.8. The first-order chi connectivity index (χ1) is 14.2. The molecule has 150 valence electrons. The summed E-state index contributed by atoms with van der Waals surface area (Å²) in [5.74, 6) is 1.50. The molecule has 0 atom stereocenters. The van der Waals surface area contributed by atoms with Crippen molar-refractivity contribution in [3.05, 3.63) is 71.5 Å². The third-order valence-electron chi connectivity index (χ3n) is 5.02. The maximum atomic E-state index is 13.1. The molecule has 1 aromatic heterocycles. The van der Waals surface area contributed by atoms with Gasteiger partial charge < -0.3 is 14.4 Å². The van der Waals surface area contributed by atoms with Gasteiger partial charge in [0.05, 0.1) is 30.7 Å². The van der Waals surface area contributed by atoms with E-state index < -0.39 is 0 Å². The second-order valence-corrected chi connectivity index (χ2v) is 6.92. The summed E-state index contributed by atoms with van der Waals surface area (Å²) < 4.78 is 13.2. The van der Waals surface area contributed by atoms with Crippen LogP contribution in [-0.2, 0) is 13.0 Å². The molecule has 3 aromatic rings. The van der Waals surface area contributed by atoms with E-state index in [2.05, 4.69) is 11.2 Å². The van der Waals surface area contributed by atoms with Crippen LogP contribution in [0.1, 0.15) is 35.3 Å². The first-order valence-corrected chi connectivity index (χ1v) is 10.00. The molecule has 0 saturated heterocycles. The quantitative estimate of drug-likeness (QED) is 0.640. The van der Waals surface area contributed by atoms with Crippen molar-refractivity contribution in [3.8, 4) is 17.2 Å². The first-order valence-electron chi connectivity index (χ1n) is 10.00. The van der Waals surface area contributed by atoms with Crippen molar-refractivity contribution in [2.75, 3.05) is 19.8 Å². The van der Waals surface area contributed by atoms with Crippen LogP contribution < -0.4 is 9.47 Å². The van der Waals surface area contributed by atoms with Crippen molar-refractivity contribution >= 4 is 5.91 Å². The summed E-state index contributed by atoms with van der Waals surface area (Å²) in [4.78, 5) is 14.9. The zero-order valence-electron chi connectivity index (χ0n) is 16.8. The Morgan fingerprint density at radius 2 is 1.72 bits per heavy atom. The number of benzene rings is 2. The summed E-state index contributed by atoms with van der Waals surface area (Å²) in [6, 6.07) is 13.8. The van der Waals surface area contributed by atoms with Gasteiger partial charge in [0, 0.05) is 19.3 Å². The Kier molecular flexibility index (Phi) is 5.51. The van der Waals surface area contributed by atoms with Gasteiger partial charge in [-0.25, -0.2) is 4.68 Å². The summed E-state index contributed by atoms with van der Waals surface area (Å²) in [5.41, 5.74) is 3.83. The maximum Gasteiger partial charge on any atom is 0.257 e. The molecular formula is C23H25N3O3. The molecule has 1 aliphatic rings. The topological polar surface area (TPSA) is 56.6 Å². The molecule has 0 bridgehead atoms. The van der Waals surface area contributed by atoms with E-state index in [9.17, 15) is 4.79 Å². The van der Waals surface area contributed by atoms with Gasteiger partial charge in [0.1, 0.15) is 0 Å². The molecule has 0 N–H and O–H groups in total. The first kappa shape index (κ1) is 19.1. The molecule has 0 radical (unpaired) electrons. The highest BCUT2D eigenvalue weighted by molar-refractivity contribution is 5.94. The van der Waals surface area contributed by atoms with Crippen molar-refractivity contribution in [2.24, 2.45) is 0 Å². The number of ether oxygens (including phenoxy) is 2. The van der Waals surface area contributed by atoms with Gasteiger partial charge in [0.15, 0.2) is 11.5 Å². The fraction of sp³-hybridized carbons (Fsp3) is 0.304. The van der Waals surface area contributed by atoms with Crippen LogP contribution in [0.25, 0.3) is 5.69 Å². The minimum atomic E-state index is -0.00956. The molecule has 6 heteroatoms. The second kappa shape index (κ2) is 8.39.